The third-order valence-electron chi connectivity index (χ3n) is 4.30. The van der Waals surface area contributed by atoms with Gasteiger partial charge in [-0.15, -0.1) is 0 Å². The van der Waals surface area contributed by atoms with E-state index in [4.69, 9.17) is 10.5 Å². The molecule has 3 N–H and O–H groups in total. The third-order valence-corrected chi connectivity index (χ3v) is 4.30. The predicted molar refractivity (Wildman–Crippen MR) is 66.5 cm³/mol. The van der Waals surface area contributed by atoms with E-state index in [0.717, 1.165) is 58.3 Å². The van der Waals surface area contributed by atoms with Gasteiger partial charge in [-0.1, -0.05) is 12.8 Å². The molecule has 1 saturated heterocycles. The molecule has 1 heterocycles. The molecule has 1 aliphatic heterocycles. The number of rotatable bonds is 5. The van der Waals surface area contributed by atoms with Crippen molar-refractivity contribution in [3.63, 3.8) is 0 Å². The Kier molecular flexibility index (Phi) is 4.40. The second-order valence-corrected chi connectivity index (χ2v) is 5.47. The van der Waals surface area contributed by atoms with Gasteiger partial charge in [0, 0.05) is 26.3 Å². The van der Waals surface area contributed by atoms with E-state index in [1.165, 1.54) is 0 Å². The first-order valence-electron chi connectivity index (χ1n) is 6.83. The second-order valence-electron chi connectivity index (χ2n) is 5.47. The smallest absolute Gasteiger partial charge is 0.227 e. The summed E-state index contributed by atoms with van der Waals surface area (Å²) in [5.74, 6) is 0.809. The fourth-order valence-electron chi connectivity index (χ4n) is 2.96. The van der Waals surface area contributed by atoms with Crippen molar-refractivity contribution in [3.05, 3.63) is 0 Å². The topological polar surface area (TPSA) is 64.4 Å². The van der Waals surface area contributed by atoms with E-state index in [9.17, 15) is 4.79 Å². The van der Waals surface area contributed by atoms with Crippen LogP contribution in [0.15, 0.2) is 0 Å². The summed E-state index contributed by atoms with van der Waals surface area (Å²) in [4.78, 5) is 12.1. The normalized spacial score (nSPS) is 27.2. The van der Waals surface area contributed by atoms with Crippen LogP contribution in [0.25, 0.3) is 0 Å². The molecule has 17 heavy (non-hydrogen) atoms. The standard InChI is InChI=1S/C13H24N2O2/c14-10-13(5-1-2-6-13)12(16)15-7-3-11-4-8-17-9-11/h11H,1-10,14H2,(H,15,16). The van der Waals surface area contributed by atoms with Gasteiger partial charge >= 0.3 is 0 Å². The zero-order valence-electron chi connectivity index (χ0n) is 10.5. The zero-order chi connectivity index (χ0) is 12.1. The van der Waals surface area contributed by atoms with Gasteiger partial charge in [0.1, 0.15) is 0 Å². The molecule has 2 fully saturated rings. The first-order chi connectivity index (χ1) is 8.27. The van der Waals surface area contributed by atoms with Crippen molar-refractivity contribution in [2.45, 2.75) is 38.5 Å². The molecule has 1 aliphatic carbocycles. The summed E-state index contributed by atoms with van der Waals surface area (Å²) in [6.45, 7) is 3.00. The van der Waals surface area contributed by atoms with E-state index in [2.05, 4.69) is 5.32 Å². The number of hydrogen-bond acceptors (Lipinski definition) is 3. The van der Waals surface area contributed by atoms with Crippen LogP contribution in [0, 0.1) is 11.3 Å². The van der Waals surface area contributed by atoms with E-state index in [1.807, 2.05) is 0 Å². The molecule has 0 aromatic carbocycles. The van der Waals surface area contributed by atoms with Crippen molar-refractivity contribution in [3.8, 4) is 0 Å². The molecule has 4 heteroatoms. The van der Waals surface area contributed by atoms with Crippen LogP contribution in [-0.2, 0) is 9.53 Å². The van der Waals surface area contributed by atoms with Crippen LogP contribution in [0.3, 0.4) is 0 Å². The van der Waals surface area contributed by atoms with Gasteiger partial charge in [-0.05, 0) is 31.6 Å². The molecular weight excluding hydrogens is 216 g/mol. The fraction of sp³-hybridized carbons (Fsp3) is 0.923. The van der Waals surface area contributed by atoms with E-state index in [-0.39, 0.29) is 11.3 Å². The van der Waals surface area contributed by atoms with Gasteiger partial charge in [0.05, 0.1) is 5.41 Å². The van der Waals surface area contributed by atoms with Crippen molar-refractivity contribution in [2.24, 2.45) is 17.1 Å². The Morgan fingerprint density at radius 1 is 1.41 bits per heavy atom. The lowest BCUT2D eigenvalue weighted by Gasteiger charge is -2.26. The minimum Gasteiger partial charge on any atom is -0.381 e. The summed E-state index contributed by atoms with van der Waals surface area (Å²) in [5.41, 5.74) is 5.52. The number of nitrogens with two attached hydrogens (primary N) is 1. The average molecular weight is 240 g/mol. The summed E-state index contributed by atoms with van der Waals surface area (Å²) in [7, 11) is 0. The molecule has 1 saturated carbocycles. The van der Waals surface area contributed by atoms with Gasteiger partial charge in [0.25, 0.3) is 0 Å². The summed E-state index contributed by atoms with van der Waals surface area (Å²) in [6.07, 6.45) is 6.37. The Balaban J connectivity index is 1.72. The van der Waals surface area contributed by atoms with Crippen LogP contribution in [0.5, 0.6) is 0 Å². The third kappa shape index (κ3) is 2.99. The lowest BCUT2D eigenvalue weighted by atomic mass is 9.85. The highest BCUT2D eigenvalue weighted by molar-refractivity contribution is 5.83. The van der Waals surface area contributed by atoms with Crippen LogP contribution in [-0.4, -0.2) is 32.2 Å². The summed E-state index contributed by atoms with van der Waals surface area (Å²) >= 11 is 0. The summed E-state index contributed by atoms with van der Waals surface area (Å²) in [6, 6.07) is 0. The molecule has 1 atom stereocenters. The SMILES string of the molecule is NCC1(C(=O)NCCC2CCOC2)CCCC1. The van der Waals surface area contributed by atoms with Crippen LogP contribution < -0.4 is 11.1 Å². The Hall–Kier alpha value is -0.610. The van der Waals surface area contributed by atoms with Crippen LogP contribution in [0.4, 0.5) is 0 Å². The first kappa shape index (κ1) is 12.8. The van der Waals surface area contributed by atoms with Crippen LogP contribution in [0.1, 0.15) is 38.5 Å². The Morgan fingerprint density at radius 2 is 2.18 bits per heavy atom. The molecule has 1 unspecified atom stereocenters. The predicted octanol–water partition coefficient (Wildman–Crippen LogP) is 1.05. The number of amides is 1. The Morgan fingerprint density at radius 3 is 2.76 bits per heavy atom. The fourth-order valence-corrected chi connectivity index (χ4v) is 2.96. The van der Waals surface area contributed by atoms with Crippen molar-refractivity contribution in [1.29, 1.82) is 0 Å². The molecule has 0 aromatic rings. The number of carbonyl (C=O) groups is 1. The van der Waals surface area contributed by atoms with Crippen molar-refractivity contribution in [2.75, 3.05) is 26.3 Å². The average Bonchev–Trinajstić information content (AvgIpc) is 3.00. The Bertz CT molecular complexity index is 256. The molecular formula is C13H24N2O2. The molecule has 2 aliphatic rings. The largest absolute Gasteiger partial charge is 0.381 e. The van der Waals surface area contributed by atoms with E-state index in [1.54, 1.807) is 0 Å². The quantitative estimate of drug-likeness (QED) is 0.755. The van der Waals surface area contributed by atoms with Gasteiger partial charge in [-0.3, -0.25) is 4.79 Å². The summed E-state index contributed by atoms with van der Waals surface area (Å²) < 4.78 is 5.32. The highest BCUT2D eigenvalue weighted by Crippen LogP contribution is 2.37. The highest BCUT2D eigenvalue weighted by atomic mass is 16.5. The molecule has 98 valence electrons. The molecule has 2 rings (SSSR count). The zero-order valence-corrected chi connectivity index (χ0v) is 10.5. The maximum absolute atomic E-state index is 12.1. The van der Waals surface area contributed by atoms with Crippen LogP contribution in [0.2, 0.25) is 0 Å². The van der Waals surface area contributed by atoms with E-state index >= 15 is 0 Å². The number of carbonyl (C=O) groups excluding carboxylic acids is 1. The molecule has 0 bridgehead atoms. The Labute approximate surface area is 103 Å². The molecule has 0 spiro atoms. The van der Waals surface area contributed by atoms with Crippen molar-refractivity contribution < 1.29 is 9.53 Å². The van der Waals surface area contributed by atoms with Crippen LogP contribution >= 0.6 is 0 Å². The monoisotopic (exact) mass is 240 g/mol. The second kappa shape index (κ2) is 5.83. The first-order valence-corrected chi connectivity index (χ1v) is 6.83. The molecule has 1 amide bonds. The summed E-state index contributed by atoms with van der Waals surface area (Å²) in [5, 5.41) is 3.07. The van der Waals surface area contributed by atoms with Gasteiger partial charge in [-0.25, -0.2) is 0 Å². The molecule has 0 aromatic heterocycles. The van der Waals surface area contributed by atoms with Gasteiger partial charge in [0.15, 0.2) is 0 Å². The molecule has 0 radical (unpaired) electrons. The minimum atomic E-state index is -0.258. The van der Waals surface area contributed by atoms with E-state index < -0.39 is 0 Å². The maximum atomic E-state index is 12.1. The van der Waals surface area contributed by atoms with Gasteiger partial charge < -0.3 is 15.8 Å². The minimum absolute atomic E-state index is 0.177. The van der Waals surface area contributed by atoms with Gasteiger partial charge in [-0.2, -0.15) is 0 Å². The number of ether oxygens (including phenoxy) is 1. The maximum Gasteiger partial charge on any atom is 0.227 e. The van der Waals surface area contributed by atoms with Gasteiger partial charge in [0.2, 0.25) is 5.91 Å². The molecule has 4 nitrogen and oxygen atoms in total. The van der Waals surface area contributed by atoms with Crippen molar-refractivity contribution >= 4 is 5.91 Å². The van der Waals surface area contributed by atoms with Crippen molar-refractivity contribution in [1.82, 2.24) is 5.32 Å². The highest BCUT2D eigenvalue weighted by Gasteiger charge is 2.39. The lowest BCUT2D eigenvalue weighted by Crippen LogP contribution is -2.44. The van der Waals surface area contributed by atoms with E-state index in [0.29, 0.717) is 12.5 Å². The lowest BCUT2D eigenvalue weighted by molar-refractivity contribution is -0.130. The number of nitrogens with one attached hydrogen (secondary N) is 1. The number of hydrogen-bond donors (Lipinski definition) is 2.